The van der Waals surface area contributed by atoms with Crippen LogP contribution in [0.3, 0.4) is 0 Å². The Hall–Kier alpha value is -1.42. The minimum Gasteiger partial charge on any atom is -0.354 e. The molecule has 1 aromatic rings. The Bertz CT molecular complexity index is 419. The van der Waals surface area contributed by atoms with Crippen LogP contribution in [0.25, 0.3) is 0 Å². The van der Waals surface area contributed by atoms with E-state index in [-0.39, 0.29) is 5.91 Å². The number of hydrogen-bond acceptors (Lipinski definition) is 3. The number of aromatic nitrogens is 1. The van der Waals surface area contributed by atoms with Gasteiger partial charge in [-0.2, -0.15) is 0 Å². The number of carbonyl (C=O) groups is 1. The van der Waals surface area contributed by atoms with Crippen molar-refractivity contribution in [3.8, 4) is 0 Å². The Labute approximate surface area is 108 Å². The van der Waals surface area contributed by atoms with Gasteiger partial charge >= 0.3 is 0 Å². The Morgan fingerprint density at radius 1 is 1.56 bits per heavy atom. The summed E-state index contributed by atoms with van der Waals surface area (Å²) in [7, 11) is 1.64. The molecule has 2 heterocycles. The molecule has 1 aromatic heterocycles. The number of pyridine rings is 1. The molecule has 1 aliphatic rings. The molecule has 98 valence electrons. The first-order valence-corrected chi connectivity index (χ1v) is 6.66. The molecule has 1 saturated heterocycles. The second kappa shape index (κ2) is 5.96. The van der Waals surface area contributed by atoms with Gasteiger partial charge in [0.05, 0.1) is 0 Å². The molecule has 18 heavy (non-hydrogen) atoms. The first kappa shape index (κ1) is 13.0. The summed E-state index contributed by atoms with van der Waals surface area (Å²) in [6.45, 7) is 5.52. The second-order valence-corrected chi connectivity index (χ2v) is 4.76. The molecule has 0 radical (unpaired) electrons. The van der Waals surface area contributed by atoms with Gasteiger partial charge in [0.1, 0.15) is 5.69 Å². The minimum absolute atomic E-state index is 0.111. The lowest BCUT2D eigenvalue weighted by Gasteiger charge is -2.31. The molecule has 0 spiro atoms. The molecule has 1 atom stereocenters. The Balaban J connectivity index is 2.15. The van der Waals surface area contributed by atoms with Crippen molar-refractivity contribution in [1.29, 1.82) is 0 Å². The summed E-state index contributed by atoms with van der Waals surface area (Å²) < 4.78 is 0. The van der Waals surface area contributed by atoms with Crippen LogP contribution in [0.5, 0.6) is 0 Å². The van der Waals surface area contributed by atoms with Crippen molar-refractivity contribution >= 4 is 5.91 Å². The molecule has 1 N–H and O–H groups in total. The van der Waals surface area contributed by atoms with Crippen LogP contribution in [0.4, 0.5) is 0 Å². The molecule has 0 bridgehead atoms. The monoisotopic (exact) mass is 247 g/mol. The number of likely N-dealkylation sites (N-methyl/N-ethyl adjacent to an activating group) is 1. The van der Waals surface area contributed by atoms with E-state index in [1.807, 2.05) is 12.1 Å². The van der Waals surface area contributed by atoms with Gasteiger partial charge in [0.25, 0.3) is 5.91 Å². The van der Waals surface area contributed by atoms with Crippen molar-refractivity contribution in [2.45, 2.75) is 25.7 Å². The molecule has 1 fully saturated rings. The Morgan fingerprint density at radius 2 is 2.39 bits per heavy atom. The first-order valence-electron chi connectivity index (χ1n) is 6.66. The van der Waals surface area contributed by atoms with Gasteiger partial charge in [-0.3, -0.25) is 4.79 Å². The van der Waals surface area contributed by atoms with E-state index in [2.05, 4.69) is 22.1 Å². The van der Waals surface area contributed by atoms with Gasteiger partial charge in [0, 0.05) is 25.2 Å². The van der Waals surface area contributed by atoms with Crippen LogP contribution < -0.4 is 5.32 Å². The number of nitrogens with zero attached hydrogens (tertiary/aromatic N) is 2. The summed E-state index contributed by atoms with van der Waals surface area (Å²) in [5, 5.41) is 2.62. The molecule has 1 aliphatic heterocycles. The van der Waals surface area contributed by atoms with Crippen LogP contribution in [-0.4, -0.2) is 42.5 Å². The van der Waals surface area contributed by atoms with Gasteiger partial charge in [-0.15, -0.1) is 0 Å². The molecule has 1 amide bonds. The van der Waals surface area contributed by atoms with E-state index in [1.54, 1.807) is 13.1 Å². The van der Waals surface area contributed by atoms with E-state index in [4.69, 9.17) is 0 Å². The van der Waals surface area contributed by atoms with E-state index in [9.17, 15) is 4.79 Å². The highest BCUT2D eigenvalue weighted by Gasteiger charge is 2.21. The van der Waals surface area contributed by atoms with Crippen molar-refractivity contribution in [3.63, 3.8) is 0 Å². The van der Waals surface area contributed by atoms with E-state index in [1.165, 1.54) is 19.4 Å². The predicted molar refractivity (Wildman–Crippen MR) is 71.7 cm³/mol. The Kier molecular flexibility index (Phi) is 4.31. The number of carbonyl (C=O) groups excluding carboxylic acids is 1. The van der Waals surface area contributed by atoms with Gasteiger partial charge in [-0.05, 0) is 38.1 Å². The summed E-state index contributed by atoms with van der Waals surface area (Å²) >= 11 is 0. The van der Waals surface area contributed by atoms with Crippen molar-refractivity contribution in [3.05, 3.63) is 29.6 Å². The summed E-state index contributed by atoms with van der Waals surface area (Å²) in [5.74, 6) is 0.350. The number of likely N-dealkylation sites (tertiary alicyclic amines) is 1. The lowest BCUT2D eigenvalue weighted by atomic mass is 9.94. The normalized spacial score (nSPS) is 20.7. The second-order valence-electron chi connectivity index (χ2n) is 4.76. The van der Waals surface area contributed by atoms with E-state index >= 15 is 0 Å². The maximum atomic E-state index is 11.6. The van der Waals surface area contributed by atoms with Gasteiger partial charge in [-0.25, -0.2) is 4.98 Å². The van der Waals surface area contributed by atoms with Crippen LogP contribution in [0.1, 0.15) is 41.9 Å². The fourth-order valence-electron chi connectivity index (χ4n) is 2.52. The largest absolute Gasteiger partial charge is 0.354 e. The maximum Gasteiger partial charge on any atom is 0.269 e. The SMILES string of the molecule is CCN1CCC[C@H](c2cccc(C(=O)NC)n2)C1. The quantitative estimate of drug-likeness (QED) is 0.883. The molecule has 4 nitrogen and oxygen atoms in total. The summed E-state index contributed by atoms with van der Waals surface area (Å²) in [5.41, 5.74) is 1.57. The topological polar surface area (TPSA) is 45.2 Å². The summed E-state index contributed by atoms with van der Waals surface area (Å²) in [4.78, 5) is 18.5. The van der Waals surface area contributed by atoms with Crippen molar-refractivity contribution < 1.29 is 4.79 Å². The highest BCUT2D eigenvalue weighted by Crippen LogP contribution is 2.25. The smallest absolute Gasteiger partial charge is 0.269 e. The predicted octanol–water partition coefficient (Wildman–Crippen LogP) is 1.64. The molecule has 0 aromatic carbocycles. The van der Waals surface area contributed by atoms with Crippen LogP contribution in [-0.2, 0) is 0 Å². The van der Waals surface area contributed by atoms with E-state index < -0.39 is 0 Å². The van der Waals surface area contributed by atoms with E-state index in [0.717, 1.165) is 18.8 Å². The third kappa shape index (κ3) is 2.88. The minimum atomic E-state index is -0.111. The van der Waals surface area contributed by atoms with E-state index in [0.29, 0.717) is 11.6 Å². The van der Waals surface area contributed by atoms with Gasteiger partial charge in [0.2, 0.25) is 0 Å². The van der Waals surface area contributed by atoms with Crippen molar-refractivity contribution in [2.24, 2.45) is 0 Å². The van der Waals surface area contributed by atoms with Crippen molar-refractivity contribution in [2.75, 3.05) is 26.7 Å². The lowest BCUT2D eigenvalue weighted by molar-refractivity contribution is 0.0957. The number of amides is 1. The molecule has 2 rings (SSSR count). The van der Waals surface area contributed by atoms with Crippen LogP contribution in [0.15, 0.2) is 18.2 Å². The van der Waals surface area contributed by atoms with Crippen LogP contribution in [0, 0.1) is 0 Å². The zero-order valence-corrected chi connectivity index (χ0v) is 11.1. The number of nitrogens with one attached hydrogen (secondary N) is 1. The zero-order valence-electron chi connectivity index (χ0n) is 11.1. The summed E-state index contributed by atoms with van der Waals surface area (Å²) in [6, 6.07) is 5.73. The fraction of sp³-hybridized carbons (Fsp3) is 0.571. The van der Waals surface area contributed by atoms with Crippen LogP contribution in [0.2, 0.25) is 0 Å². The molecule has 0 aliphatic carbocycles. The van der Waals surface area contributed by atoms with Gasteiger partial charge < -0.3 is 10.2 Å². The maximum absolute atomic E-state index is 11.6. The standard InChI is InChI=1S/C14H21N3O/c1-3-17-9-5-6-11(10-17)12-7-4-8-13(16-12)14(18)15-2/h4,7-8,11H,3,5-6,9-10H2,1-2H3,(H,15,18)/t11-/m0/s1. The number of rotatable bonds is 3. The first-order chi connectivity index (χ1) is 8.74. The Morgan fingerprint density at radius 3 is 3.11 bits per heavy atom. The molecule has 0 saturated carbocycles. The molecular formula is C14H21N3O. The average molecular weight is 247 g/mol. The highest BCUT2D eigenvalue weighted by atomic mass is 16.1. The highest BCUT2D eigenvalue weighted by molar-refractivity contribution is 5.91. The van der Waals surface area contributed by atoms with Crippen molar-refractivity contribution in [1.82, 2.24) is 15.2 Å². The van der Waals surface area contributed by atoms with Gasteiger partial charge in [-0.1, -0.05) is 13.0 Å². The third-order valence-corrected chi connectivity index (χ3v) is 3.60. The number of piperidine rings is 1. The fourth-order valence-corrected chi connectivity index (χ4v) is 2.52. The van der Waals surface area contributed by atoms with Gasteiger partial charge in [0.15, 0.2) is 0 Å². The molecular weight excluding hydrogens is 226 g/mol. The average Bonchev–Trinajstić information content (AvgIpc) is 2.46. The molecule has 4 heteroatoms. The summed E-state index contributed by atoms with van der Waals surface area (Å²) in [6.07, 6.45) is 2.38. The molecule has 0 unspecified atom stereocenters. The zero-order chi connectivity index (χ0) is 13.0. The lowest BCUT2D eigenvalue weighted by Crippen LogP contribution is -2.34. The number of hydrogen-bond donors (Lipinski definition) is 1. The van der Waals surface area contributed by atoms with Crippen LogP contribution >= 0.6 is 0 Å². The third-order valence-electron chi connectivity index (χ3n) is 3.60.